The van der Waals surface area contributed by atoms with Gasteiger partial charge in [-0.25, -0.2) is 0 Å². The Morgan fingerprint density at radius 3 is 2.12 bits per heavy atom. The number of hydrogen-bond acceptors (Lipinski definition) is 5. The number of hydrogen-bond donors (Lipinski definition) is 0. The summed E-state index contributed by atoms with van der Waals surface area (Å²) < 4.78 is 46.2. The first-order valence-electron chi connectivity index (χ1n) is 8.62. The van der Waals surface area contributed by atoms with Crippen molar-refractivity contribution in [1.82, 2.24) is 0 Å². The van der Waals surface area contributed by atoms with Gasteiger partial charge in [0.2, 0.25) is 0 Å². The maximum Gasteiger partial charge on any atom is 0.466 e. The van der Waals surface area contributed by atoms with Crippen LogP contribution in [0.4, 0.5) is 8.78 Å². The van der Waals surface area contributed by atoms with Crippen molar-refractivity contribution in [3.8, 4) is 5.75 Å². The molecule has 1 atom stereocenters. The van der Waals surface area contributed by atoms with Crippen LogP contribution >= 0.6 is 0 Å². The summed E-state index contributed by atoms with van der Waals surface area (Å²) >= 11 is 0. The van der Waals surface area contributed by atoms with Crippen LogP contribution in [0.1, 0.15) is 52.4 Å². The smallest absolute Gasteiger partial charge is 0.466 e. The second-order valence-corrected chi connectivity index (χ2v) is 7.19. The summed E-state index contributed by atoms with van der Waals surface area (Å²) in [6.45, 7) is 6.82. The van der Waals surface area contributed by atoms with Gasteiger partial charge in [-0.3, -0.25) is 4.79 Å². The molecule has 0 aliphatic carbocycles. The Morgan fingerprint density at radius 2 is 1.65 bits per heavy atom. The number of benzene rings is 1. The van der Waals surface area contributed by atoms with Crippen LogP contribution in [0.2, 0.25) is 0 Å². The monoisotopic (exact) mass is 370 g/mol. The highest BCUT2D eigenvalue weighted by Gasteiger charge is 2.54. The maximum absolute atomic E-state index is 12.3. The Kier molecular flexibility index (Phi) is 6.29. The summed E-state index contributed by atoms with van der Waals surface area (Å²) in [5.41, 5.74) is -0.384. The van der Waals surface area contributed by atoms with Gasteiger partial charge in [-0.2, -0.15) is 8.78 Å². The average molecular weight is 370 g/mol. The maximum atomic E-state index is 12.3. The topological polar surface area (TPSA) is 54.0 Å². The quantitative estimate of drug-likeness (QED) is 0.537. The van der Waals surface area contributed by atoms with Crippen LogP contribution in [0, 0.1) is 0 Å². The zero-order valence-corrected chi connectivity index (χ0v) is 15.8. The van der Waals surface area contributed by atoms with Crippen LogP contribution in [-0.4, -0.2) is 37.5 Å². The van der Waals surface area contributed by atoms with Crippen molar-refractivity contribution in [3.63, 3.8) is 0 Å². The number of ether oxygens (including phenoxy) is 2. The van der Waals surface area contributed by atoms with E-state index in [4.69, 9.17) is 14.0 Å². The average Bonchev–Trinajstić information content (AvgIpc) is 2.73. The van der Waals surface area contributed by atoms with Gasteiger partial charge >= 0.3 is 19.7 Å². The minimum Gasteiger partial charge on any atom is -0.466 e. The number of esters is 1. The Balaban J connectivity index is 2.25. The van der Waals surface area contributed by atoms with Crippen molar-refractivity contribution in [2.45, 2.75) is 64.7 Å². The fourth-order valence-corrected chi connectivity index (χ4v) is 2.72. The molecule has 26 heavy (non-hydrogen) atoms. The largest absolute Gasteiger partial charge is 0.466 e. The molecule has 0 aromatic heterocycles. The highest BCUT2D eigenvalue weighted by molar-refractivity contribution is 6.48. The Morgan fingerprint density at radius 1 is 1.12 bits per heavy atom. The molecule has 2 rings (SSSR count). The van der Waals surface area contributed by atoms with Crippen LogP contribution < -0.4 is 4.74 Å². The third-order valence-corrected chi connectivity index (χ3v) is 4.83. The molecule has 8 heteroatoms. The summed E-state index contributed by atoms with van der Waals surface area (Å²) in [6.07, 6.45) is 0.0553. The molecule has 5 nitrogen and oxygen atoms in total. The molecule has 0 spiro atoms. The van der Waals surface area contributed by atoms with E-state index in [1.807, 2.05) is 27.7 Å². The second kappa shape index (κ2) is 7.92. The summed E-state index contributed by atoms with van der Waals surface area (Å²) in [5, 5.41) is 0. The van der Waals surface area contributed by atoms with Crippen molar-refractivity contribution >= 4 is 13.1 Å². The molecule has 0 N–H and O–H groups in total. The molecule has 1 unspecified atom stereocenters. The predicted molar refractivity (Wildman–Crippen MR) is 93.1 cm³/mol. The predicted octanol–water partition coefficient (Wildman–Crippen LogP) is 3.96. The standard InChI is InChI=1S/C18H25BF2O5/c1-6-23-15(22)11-14(19-25-17(2,3)18(4,5)26-19)12-7-9-13(10-8-12)24-16(20)21/h7-10,14,16H,6,11H2,1-5H3. The summed E-state index contributed by atoms with van der Waals surface area (Å²) in [5.74, 6) is -0.761. The van der Waals surface area contributed by atoms with Crippen LogP contribution in [0.5, 0.6) is 5.75 Å². The Labute approximate surface area is 153 Å². The van der Waals surface area contributed by atoms with Crippen LogP contribution in [0.3, 0.4) is 0 Å². The van der Waals surface area contributed by atoms with E-state index >= 15 is 0 Å². The van der Waals surface area contributed by atoms with E-state index in [9.17, 15) is 13.6 Å². The van der Waals surface area contributed by atoms with E-state index in [1.165, 1.54) is 12.1 Å². The number of carbonyl (C=O) groups excluding carboxylic acids is 1. The van der Waals surface area contributed by atoms with Crippen molar-refractivity contribution < 1.29 is 32.4 Å². The van der Waals surface area contributed by atoms with E-state index in [2.05, 4.69) is 4.74 Å². The van der Waals surface area contributed by atoms with Crippen molar-refractivity contribution in [2.75, 3.05) is 6.61 Å². The summed E-state index contributed by atoms with van der Waals surface area (Å²) in [6, 6.07) is 6.13. The lowest BCUT2D eigenvalue weighted by molar-refractivity contribution is -0.143. The highest BCUT2D eigenvalue weighted by Crippen LogP contribution is 2.42. The van der Waals surface area contributed by atoms with Gasteiger partial charge in [0, 0.05) is 5.82 Å². The van der Waals surface area contributed by atoms with Crippen LogP contribution in [-0.2, 0) is 18.8 Å². The molecule has 1 aliphatic rings. The number of alkyl halides is 2. The van der Waals surface area contributed by atoms with Gasteiger partial charge in [0.05, 0.1) is 24.2 Å². The fourth-order valence-electron chi connectivity index (χ4n) is 2.72. The molecule has 1 fully saturated rings. The first-order chi connectivity index (χ1) is 12.1. The SMILES string of the molecule is CCOC(=O)CC(B1OC(C)(C)C(C)(C)O1)c1ccc(OC(F)F)cc1. The second-order valence-electron chi connectivity index (χ2n) is 7.19. The molecule has 1 heterocycles. The molecule has 0 bridgehead atoms. The molecule has 1 aromatic rings. The Bertz CT molecular complexity index is 603. The Hall–Kier alpha value is -1.67. The molecular weight excluding hydrogens is 345 g/mol. The van der Waals surface area contributed by atoms with E-state index in [0.717, 1.165) is 5.56 Å². The number of carbonyl (C=O) groups is 1. The molecule has 0 amide bonds. The molecule has 0 saturated carbocycles. The van der Waals surface area contributed by atoms with Gasteiger partial charge < -0.3 is 18.8 Å². The van der Waals surface area contributed by atoms with E-state index in [0.29, 0.717) is 0 Å². The van der Waals surface area contributed by atoms with Gasteiger partial charge in [-0.1, -0.05) is 12.1 Å². The lowest BCUT2D eigenvalue weighted by Crippen LogP contribution is -2.41. The molecule has 1 aromatic carbocycles. The van der Waals surface area contributed by atoms with Crippen molar-refractivity contribution in [3.05, 3.63) is 29.8 Å². The normalized spacial score (nSPS) is 19.5. The third-order valence-electron chi connectivity index (χ3n) is 4.83. The van der Waals surface area contributed by atoms with Gasteiger partial charge in [0.1, 0.15) is 5.75 Å². The molecule has 144 valence electrons. The summed E-state index contributed by atoms with van der Waals surface area (Å²) in [4.78, 5) is 12.1. The lowest BCUT2D eigenvalue weighted by atomic mass is 9.66. The molecule has 0 radical (unpaired) electrons. The van der Waals surface area contributed by atoms with Gasteiger partial charge in [-0.05, 0) is 52.3 Å². The minimum absolute atomic E-state index is 0.0487. The molecular formula is C18H25BF2O5. The zero-order chi connectivity index (χ0) is 19.5. The van der Waals surface area contributed by atoms with E-state index in [-0.39, 0.29) is 24.7 Å². The van der Waals surface area contributed by atoms with Crippen molar-refractivity contribution in [2.24, 2.45) is 0 Å². The third kappa shape index (κ3) is 4.74. The van der Waals surface area contributed by atoms with Gasteiger partial charge in [-0.15, -0.1) is 0 Å². The van der Waals surface area contributed by atoms with E-state index in [1.54, 1.807) is 19.1 Å². The van der Waals surface area contributed by atoms with Crippen LogP contribution in [0.25, 0.3) is 0 Å². The molecule has 1 saturated heterocycles. The van der Waals surface area contributed by atoms with Crippen LogP contribution in [0.15, 0.2) is 24.3 Å². The first kappa shape index (κ1) is 20.6. The minimum atomic E-state index is -2.89. The van der Waals surface area contributed by atoms with E-state index < -0.39 is 30.7 Å². The fraction of sp³-hybridized carbons (Fsp3) is 0.611. The number of rotatable bonds is 7. The zero-order valence-electron chi connectivity index (χ0n) is 15.8. The number of halogens is 2. The highest BCUT2D eigenvalue weighted by atomic mass is 19.3. The molecule has 1 aliphatic heterocycles. The van der Waals surface area contributed by atoms with Gasteiger partial charge in [0.25, 0.3) is 0 Å². The lowest BCUT2D eigenvalue weighted by Gasteiger charge is -2.32. The summed E-state index contributed by atoms with van der Waals surface area (Å²) in [7, 11) is -0.661. The van der Waals surface area contributed by atoms with Gasteiger partial charge in [0.15, 0.2) is 0 Å². The first-order valence-corrected chi connectivity index (χ1v) is 8.62. The van der Waals surface area contributed by atoms with Crippen molar-refractivity contribution in [1.29, 1.82) is 0 Å².